The van der Waals surface area contributed by atoms with Crippen LogP contribution in [0, 0.1) is 5.92 Å². The predicted octanol–water partition coefficient (Wildman–Crippen LogP) is 3.94. The molecule has 1 aromatic rings. The second-order valence-corrected chi connectivity index (χ2v) is 7.17. The van der Waals surface area contributed by atoms with Crippen molar-refractivity contribution in [3.8, 4) is 11.5 Å². The van der Waals surface area contributed by atoms with Gasteiger partial charge in [-0.3, -0.25) is 9.59 Å². The number of allylic oxidation sites excluding steroid dienone is 3. The Morgan fingerprint density at radius 3 is 2.32 bits per heavy atom. The van der Waals surface area contributed by atoms with Gasteiger partial charge in [0.2, 0.25) is 0 Å². The van der Waals surface area contributed by atoms with E-state index < -0.39 is 23.6 Å². The van der Waals surface area contributed by atoms with Gasteiger partial charge in [0.1, 0.15) is 17.5 Å². The summed E-state index contributed by atoms with van der Waals surface area (Å²) >= 11 is 0. The lowest BCUT2D eigenvalue weighted by Gasteiger charge is -2.41. The highest BCUT2D eigenvalue weighted by atomic mass is 16.6. The largest absolute Gasteiger partial charge is 0.498 e. The molecule has 0 bridgehead atoms. The van der Waals surface area contributed by atoms with Gasteiger partial charge in [-0.25, -0.2) is 0 Å². The molecule has 3 atom stereocenters. The maximum Gasteiger partial charge on any atom is 0.303 e. The van der Waals surface area contributed by atoms with Crippen LogP contribution in [0.25, 0.3) is 0 Å². The van der Waals surface area contributed by atoms with E-state index in [1.807, 2.05) is 6.92 Å². The predicted molar refractivity (Wildman–Crippen MR) is 116 cm³/mol. The van der Waals surface area contributed by atoms with Crippen molar-refractivity contribution in [2.24, 2.45) is 5.92 Å². The third kappa shape index (κ3) is 4.82. The van der Waals surface area contributed by atoms with E-state index in [0.29, 0.717) is 34.8 Å². The average molecular weight is 430 g/mol. The van der Waals surface area contributed by atoms with Gasteiger partial charge in [-0.05, 0) is 30.2 Å². The number of carbonyl (C=O) groups is 2. The summed E-state index contributed by atoms with van der Waals surface area (Å²) in [5, 5.41) is 0. The number of benzene rings is 1. The smallest absolute Gasteiger partial charge is 0.303 e. The topological polar surface area (TPSA) is 80.3 Å². The Labute approximate surface area is 183 Å². The molecule has 0 amide bonds. The second-order valence-electron chi connectivity index (χ2n) is 7.17. The van der Waals surface area contributed by atoms with Crippen LogP contribution in [0.3, 0.4) is 0 Å². The van der Waals surface area contributed by atoms with Crippen molar-refractivity contribution in [2.75, 3.05) is 28.4 Å². The first-order valence-corrected chi connectivity index (χ1v) is 9.85. The van der Waals surface area contributed by atoms with Crippen molar-refractivity contribution in [2.45, 2.75) is 32.0 Å². The summed E-state index contributed by atoms with van der Waals surface area (Å²) in [5.41, 5.74) is 0.0649. The highest BCUT2D eigenvalue weighted by molar-refractivity contribution is 6.06. The van der Waals surface area contributed by atoms with E-state index in [0.717, 1.165) is 0 Å². The van der Waals surface area contributed by atoms with Crippen LogP contribution in [0.15, 0.2) is 54.3 Å². The van der Waals surface area contributed by atoms with Gasteiger partial charge in [0.25, 0.3) is 0 Å². The van der Waals surface area contributed by atoms with E-state index in [2.05, 4.69) is 6.58 Å². The monoisotopic (exact) mass is 430 g/mol. The molecule has 0 aliphatic heterocycles. The van der Waals surface area contributed by atoms with E-state index in [1.54, 1.807) is 37.5 Å². The SMILES string of the molecule is C=CCC1=C[C@@](OC)([C@H](C)[C@@H](OC(C)=O)c2ccc(OC)c(OC)c2)C(OC)=CC1=O. The van der Waals surface area contributed by atoms with Crippen LogP contribution in [0.4, 0.5) is 0 Å². The third-order valence-electron chi connectivity index (χ3n) is 5.43. The number of hydrogen-bond acceptors (Lipinski definition) is 7. The minimum absolute atomic E-state index is 0.174. The van der Waals surface area contributed by atoms with Gasteiger partial charge < -0.3 is 23.7 Å². The molecule has 0 heterocycles. The minimum atomic E-state index is -1.14. The highest BCUT2D eigenvalue weighted by Gasteiger charge is 2.48. The quantitative estimate of drug-likeness (QED) is 0.411. The zero-order chi connectivity index (χ0) is 23.2. The van der Waals surface area contributed by atoms with Crippen molar-refractivity contribution >= 4 is 11.8 Å². The molecular weight excluding hydrogens is 400 g/mol. The summed E-state index contributed by atoms with van der Waals surface area (Å²) in [6, 6.07) is 5.30. The number of ether oxygens (including phenoxy) is 5. The molecule has 7 heteroatoms. The van der Waals surface area contributed by atoms with Crippen LogP contribution in [0.5, 0.6) is 11.5 Å². The van der Waals surface area contributed by atoms with Gasteiger partial charge in [-0.2, -0.15) is 0 Å². The molecule has 0 unspecified atom stereocenters. The number of carbonyl (C=O) groups excluding carboxylic acids is 2. The molecule has 168 valence electrons. The zero-order valence-corrected chi connectivity index (χ0v) is 18.9. The summed E-state index contributed by atoms with van der Waals surface area (Å²) in [6.45, 7) is 6.94. The third-order valence-corrected chi connectivity index (χ3v) is 5.43. The molecule has 0 fully saturated rings. The maximum absolute atomic E-state index is 12.5. The van der Waals surface area contributed by atoms with Gasteiger partial charge in [0, 0.05) is 31.6 Å². The van der Waals surface area contributed by atoms with Crippen LogP contribution < -0.4 is 9.47 Å². The molecule has 2 rings (SSSR count). The molecule has 0 aromatic heterocycles. The standard InChI is InChI=1S/C24H30O7/c1-8-9-18-14-24(30-7,22(29-6)13-19(18)26)15(2)23(31-16(3)25)17-10-11-20(27-4)21(12-17)28-5/h8,10-15,23H,1,9H2,2-7H3/t15-,23-,24-/m1/s1. The van der Waals surface area contributed by atoms with Gasteiger partial charge in [-0.1, -0.05) is 19.1 Å². The number of rotatable bonds is 10. The van der Waals surface area contributed by atoms with Crippen LogP contribution in [0.2, 0.25) is 0 Å². The van der Waals surface area contributed by atoms with Crippen LogP contribution in [0.1, 0.15) is 31.9 Å². The van der Waals surface area contributed by atoms with Crippen molar-refractivity contribution in [1.29, 1.82) is 0 Å². The first-order chi connectivity index (χ1) is 14.8. The lowest BCUT2D eigenvalue weighted by atomic mass is 9.75. The van der Waals surface area contributed by atoms with E-state index in [-0.39, 0.29) is 5.78 Å². The van der Waals surface area contributed by atoms with E-state index in [9.17, 15) is 9.59 Å². The van der Waals surface area contributed by atoms with Gasteiger partial charge in [0.15, 0.2) is 17.3 Å². The van der Waals surface area contributed by atoms with Crippen LogP contribution in [-0.2, 0) is 23.8 Å². The van der Waals surface area contributed by atoms with E-state index in [4.69, 9.17) is 23.7 Å². The number of hydrogen-bond donors (Lipinski definition) is 0. The fraction of sp³-hybridized carbons (Fsp3) is 0.417. The fourth-order valence-corrected chi connectivity index (χ4v) is 3.85. The Kier molecular flexibility index (Phi) is 8.05. The minimum Gasteiger partial charge on any atom is -0.498 e. The highest BCUT2D eigenvalue weighted by Crippen LogP contribution is 2.45. The summed E-state index contributed by atoms with van der Waals surface area (Å²) in [6.07, 6.45) is 4.44. The summed E-state index contributed by atoms with van der Waals surface area (Å²) in [4.78, 5) is 24.5. The molecule has 31 heavy (non-hydrogen) atoms. The Morgan fingerprint density at radius 2 is 1.81 bits per heavy atom. The first kappa shape index (κ1) is 24.2. The van der Waals surface area contributed by atoms with Gasteiger partial charge >= 0.3 is 5.97 Å². The molecule has 1 aromatic carbocycles. The van der Waals surface area contributed by atoms with E-state index >= 15 is 0 Å². The van der Waals surface area contributed by atoms with Crippen molar-refractivity contribution in [3.05, 3.63) is 59.9 Å². The maximum atomic E-state index is 12.5. The Bertz CT molecular complexity index is 899. The molecule has 7 nitrogen and oxygen atoms in total. The molecule has 0 spiro atoms. The first-order valence-electron chi connectivity index (χ1n) is 9.85. The Balaban J connectivity index is 2.64. The lowest BCUT2D eigenvalue weighted by molar-refractivity contribution is -0.155. The van der Waals surface area contributed by atoms with Crippen molar-refractivity contribution in [3.63, 3.8) is 0 Å². The normalized spacial score (nSPS) is 20.1. The summed E-state index contributed by atoms with van der Waals surface area (Å²) in [7, 11) is 6.08. The van der Waals surface area contributed by atoms with Gasteiger partial charge in [0.05, 0.1) is 21.3 Å². The summed E-state index contributed by atoms with van der Waals surface area (Å²) in [5.74, 6) is 0.280. The number of ketones is 1. The number of methoxy groups -OCH3 is 4. The van der Waals surface area contributed by atoms with E-state index in [1.165, 1.54) is 34.3 Å². The molecule has 0 saturated carbocycles. The Hall–Kier alpha value is -3.06. The summed E-state index contributed by atoms with van der Waals surface area (Å²) < 4.78 is 28.0. The lowest BCUT2D eigenvalue weighted by Crippen LogP contribution is -2.45. The molecular formula is C24H30O7. The molecule has 1 aliphatic rings. The second kappa shape index (κ2) is 10.3. The van der Waals surface area contributed by atoms with Crippen LogP contribution in [-0.4, -0.2) is 45.8 Å². The molecule has 0 N–H and O–H groups in total. The Morgan fingerprint density at radius 1 is 1.13 bits per heavy atom. The van der Waals surface area contributed by atoms with Crippen molar-refractivity contribution < 1.29 is 33.3 Å². The molecule has 1 aliphatic carbocycles. The number of esters is 1. The zero-order valence-electron chi connectivity index (χ0n) is 18.9. The molecule has 0 radical (unpaired) electrons. The van der Waals surface area contributed by atoms with Crippen LogP contribution >= 0.6 is 0 Å². The fourth-order valence-electron chi connectivity index (χ4n) is 3.85. The average Bonchev–Trinajstić information content (AvgIpc) is 2.77. The van der Waals surface area contributed by atoms with Gasteiger partial charge in [-0.15, -0.1) is 6.58 Å². The van der Waals surface area contributed by atoms with Crippen molar-refractivity contribution in [1.82, 2.24) is 0 Å². The molecule has 0 saturated heterocycles.